The number of ether oxygens (including phenoxy) is 2. The highest BCUT2D eigenvalue weighted by molar-refractivity contribution is 5.70. The predicted octanol–water partition coefficient (Wildman–Crippen LogP) is 7.42. The third-order valence-electron chi connectivity index (χ3n) is 8.00. The van der Waals surface area contributed by atoms with Crippen molar-refractivity contribution < 1.29 is 23.8 Å². The van der Waals surface area contributed by atoms with Crippen LogP contribution in [0.1, 0.15) is 67.6 Å². The minimum absolute atomic E-state index is 0.0309. The number of halogens is 1. The zero-order valence-electron chi connectivity index (χ0n) is 22.7. The second-order valence-electron chi connectivity index (χ2n) is 10.9. The maximum Gasteiger partial charge on any atom is 0.303 e. The molecule has 1 aliphatic heterocycles. The van der Waals surface area contributed by atoms with Crippen LogP contribution in [-0.4, -0.2) is 36.2 Å². The number of nitrogens with zero attached hydrogens (tertiary/aromatic N) is 1. The lowest BCUT2D eigenvalue weighted by molar-refractivity contribution is -0.137. The van der Waals surface area contributed by atoms with Gasteiger partial charge in [-0.1, -0.05) is 43.2 Å². The first-order chi connectivity index (χ1) is 19.0. The van der Waals surface area contributed by atoms with Crippen molar-refractivity contribution in [1.82, 2.24) is 4.90 Å². The number of benzene rings is 3. The fraction of sp³-hybridized carbons (Fsp3) is 0.424. The number of aliphatic carboxylic acids is 1. The molecule has 5 nitrogen and oxygen atoms in total. The standard InChI is InChI=1S/C33H38FNO4/c1-38-27-12-14-32(34)31(19-27)29-13-9-23(17-26(29)21-35-15-4-2-3-5-16-35)22-39-28-8-6-7-25(18-28)30(20-33(36)37)24-10-11-24/h6-9,12-14,17-19,24,30H,2-5,10-11,15-16,20-22H2,1H3,(H,36,37)/t30-/m0/s1. The first kappa shape index (κ1) is 27.2. The molecule has 0 bridgehead atoms. The molecule has 2 fully saturated rings. The number of methoxy groups -OCH3 is 1. The van der Waals surface area contributed by atoms with Crippen molar-refractivity contribution >= 4 is 5.97 Å². The van der Waals surface area contributed by atoms with Gasteiger partial charge in [-0.2, -0.15) is 0 Å². The van der Waals surface area contributed by atoms with E-state index < -0.39 is 5.97 Å². The smallest absolute Gasteiger partial charge is 0.303 e. The summed E-state index contributed by atoms with van der Waals surface area (Å²) in [5.74, 6) is 0.820. The molecular formula is C33H38FNO4. The lowest BCUT2D eigenvalue weighted by atomic mass is 9.91. The maximum absolute atomic E-state index is 15.0. The summed E-state index contributed by atoms with van der Waals surface area (Å²) >= 11 is 0. The van der Waals surface area contributed by atoms with Crippen LogP contribution < -0.4 is 9.47 Å². The molecule has 2 aliphatic rings. The Morgan fingerprint density at radius 1 is 0.974 bits per heavy atom. The third kappa shape index (κ3) is 7.18. The summed E-state index contributed by atoms with van der Waals surface area (Å²) in [5.41, 5.74) is 4.55. The predicted molar refractivity (Wildman–Crippen MR) is 151 cm³/mol. The number of hydrogen-bond acceptors (Lipinski definition) is 4. The molecule has 3 aromatic carbocycles. The molecule has 0 radical (unpaired) electrons. The highest BCUT2D eigenvalue weighted by Gasteiger charge is 2.33. The minimum atomic E-state index is -0.761. The topological polar surface area (TPSA) is 59.0 Å². The minimum Gasteiger partial charge on any atom is -0.497 e. The van der Waals surface area contributed by atoms with Gasteiger partial charge in [-0.15, -0.1) is 0 Å². The number of carboxylic acid groups (broad SMARTS) is 1. The molecule has 39 heavy (non-hydrogen) atoms. The molecular weight excluding hydrogens is 493 g/mol. The van der Waals surface area contributed by atoms with E-state index in [4.69, 9.17) is 9.47 Å². The van der Waals surface area contributed by atoms with Gasteiger partial charge in [0.25, 0.3) is 0 Å². The molecule has 0 unspecified atom stereocenters. The van der Waals surface area contributed by atoms with Crippen molar-refractivity contribution in [3.05, 3.63) is 83.2 Å². The summed E-state index contributed by atoms with van der Waals surface area (Å²) in [4.78, 5) is 13.9. The van der Waals surface area contributed by atoms with Gasteiger partial charge in [0.05, 0.1) is 13.5 Å². The summed E-state index contributed by atoms with van der Waals surface area (Å²) in [6.45, 7) is 3.23. The molecule has 1 saturated heterocycles. The average molecular weight is 532 g/mol. The Kier molecular flexibility index (Phi) is 8.82. The number of rotatable bonds is 11. The van der Waals surface area contributed by atoms with Crippen LogP contribution in [-0.2, 0) is 17.9 Å². The van der Waals surface area contributed by atoms with E-state index in [1.807, 2.05) is 36.4 Å². The van der Waals surface area contributed by atoms with Gasteiger partial charge in [0.15, 0.2) is 0 Å². The number of hydrogen-bond donors (Lipinski definition) is 1. The van der Waals surface area contributed by atoms with Crippen molar-refractivity contribution in [2.24, 2.45) is 5.92 Å². The lowest BCUT2D eigenvalue weighted by Gasteiger charge is -2.23. The molecule has 1 aliphatic carbocycles. The van der Waals surface area contributed by atoms with E-state index in [9.17, 15) is 14.3 Å². The highest BCUT2D eigenvalue weighted by Crippen LogP contribution is 2.45. The van der Waals surface area contributed by atoms with E-state index >= 15 is 0 Å². The number of carboxylic acids is 1. The second-order valence-corrected chi connectivity index (χ2v) is 10.9. The van der Waals surface area contributed by atoms with Crippen molar-refractivity contribution in [2.45, 2.75) is 64.0 Å². The summed E-state index contributed by atoms with van der Waals surface area (Å²) in [6.07, 6.45) is 7.21. The van der Waals surface area contributed by atoms with E-state index in [1.165, 1.54) is 31.7 Å². The number of likely N-dealkylation sites (tertiary alicyclic amines) is 1. The summed E-state index contributed by atoms with van der Waals surface area (Å²) in [6, 6.07) is 18.9. The Hall–Kier alpha value is -3.38. The van der Waals surface area contributed by atoms with Gasteiger partial charge in [-0.05, 0) is 103 Å². The van der Waals surface area contributed by atoms with Crippen LogP contribution in [0.15, 0.2) is 60.7 Å². The molecule has 3 aromatic rings. The monoisotopic (exact) mass is 531 g/mol. The van der Waals surface area contributed by atoms with E-state index in [-0.39, 0.29) is 18.2 Å². The van der Waals surface area contributed by atoms with Crippen LogP contribution in [0.5, 0.6) is 11.5 Å². The van der Waals surface area contributed by atoms with Gasteiger partial charge in [0.1, 0.15) is 23.9 Å². The Bertz CT molecular complexity index is 1280. The fourth-order valence-corrected chi connectivity index (χ4v) is 5.75. The van der Waals surface area contributed by atoms with Crippen LogP contribution in [0.2, 0.25) is 0 Å². The maximum atomic E-state index is 15.0. The number of carbonyl (C=O) groups is 1. The first-order valence-corrected chi connectivity index (χ1v) is 14.1. The Balaban J connectivity index is 1.38. The Labute approximate surface area is 230 Å². The zero-order chi connectivity index (χ0) is 27.2. The van der Waals surface area contributed by atoms with E-state index in [2.05, 4.69) is 11.0 Å². The molecule has 0 amide bonds. The van der Waals surface area contributed by atoms with Gasteiger partial charge in [-0.25, -0.2) is 4.39 Å². The summed E-state index contributed by atoms with van der Waals surface area (Å²) < 4.78 is 26.6. The largest absolute Gasteiger partial charge is 0.497 e. The van der Waals surface area contributed by atoms with Crippen molar-refractivity contribution in [3.8, 4) is 22.6 Å². The molecule has 1 N–H and O–H groups in total. The normalized spacial score (nSPS) is 16.9. The highest BCUT2D eigenvalue weighted by atomic mass is 19.1. The third-order valence-corrected chi connectivity index (χ3v) is 8.00. The van der Waals surface area contributed by atoms with Gasteiger partial charge >= 0.3 is 5.97 Å². The van der Waals surface area contributed by atoms with Crippen LogP contribution in [0, 0.1) is 11.7 Å². The molecule has 1 heterocycles. The van der Waals surface area contributed by atoms with Gasteiger partial charge in [0, 0.05) is 12.1 Å². The van der Waals surface area contributed by atoms with E-state index in [1.54, 1.807) is 19.2 Å². The molecule has 0 aromatic heterocycles. The molecule has 1 saturated carbocycles. The van der Waals surface area contributed by atoms with Crippen molar-refractivity contribution in [3.63, 3.8) is 0 Å². The van der Waals surface area contributed by atoms with Crippen molar-refractivity contribution in [1.29, 1.82) is 0 Å². The summed E-state index contributed by atoms with van der Waals surface area (Å²) in [7, 11) is 1.60. The van der Waals surface area contributed by atoms with Crippen molar-refractivity contribution in [2.75, 3.05) is 20.2 Å². The van der Waals surface area contributed by atoms with Crippen LogP contribution in [0.25, 0.3) is 11.1 Å². The SMILES string of the molecule is COc1ccc(F)c(-c2ccc(COc3cccc([C@@H](CC(=O)O)C4CC4)c3)cc2CN2CCCCCC2)c1. The second kappa shape index (κ2) is 12.6. The molecule has 6 heteroatoms. The summed E-state index contributed by atoms with van der Waals surface area (Å²) in [5, 5.41) is 9.39. The zero-order valence-corrected chi connectivity index (χ0v) is 22.7. The average Bonchev–Trinajstić information content (AvgIpc) is 3.80. The van der Waals surface area contributed by atoms with Gasteiger partial charge in [0.2, 0.25) is 0 Å². The van der Waals surface area contributed by atoms with Gasteiger partial charge < -0.3 is 14.6 Å². The van der Waals surface area contributed by atoms with Crippen LogP contribution >= 0.6 is 0 Å². The van der Waals surface area contributed by atoms with Crippen LogP contribution in [0.4, 0.5) is 4.39 Å². The van der Waals surface area contributed by atoms with E-state index in [0.29, 0.717) is 23.8 Å². The fourth-order valence-electron chi connectivity index (χ4n) is 5.75. The molecule has 0 spiro atoms. The van der Waals surface area contributed by atoms with E-state index in [0.717, 1.165) is 60.5 Å². The molecule has 206 valence electrons. The van der Waals surface area contributed by atoms with Gasteiger partial charge in [-0.3, -0.25) is 9.69 Å². The Morgan fingerprint density at radius 2 is 1.77 bits per heavy atom. The molecule has 1 atom stereocenters. The first-order valence-electron chi connectivity index (χ1n) is 14.1. The quantitative estimate of drug-likeness (QED) is 0.279. The van der Waals surface area contributed by atoms with Crippen LogP contribution in [0.3, 0.4) is 0 Å². The molecule has 5 rings (SSSR count). The lowest BCUT2D eigenvalue weighted by Crippen LogP contribution is -2.24. The Morgan fingerprint density at radius 3 is 2.49 bits per heavy atom.